The second-order valence-electron chi connectivity index (χ2n) is 8.30. The topological polar surface area (TPSA) is 90.3 Å². The van der Waals surface area contributed by atoms with Crippen molar-refractivity contribution in [3.8, 4) is 0 Å². The maximum absolute atomic E-state index is 13.2. The maximum Gasteiger partial charge on any atom is 0.314 e. The molecular formula is C22H32N2O5. The van der Waals surface area contributed by atoms with Crippen LogP contribution in [0.25, 0.3) is 0 Å². The lowest BCUT2D eigenvalue weighted by Crippen LogP contribution is -2.59. The monoisotopic (exact) mass is 404 g/mol. The Morgan fingerprint density at radius 3 is 2.45 bits per heavy atom. The summed E-state index contributed by atoms with van der Waals surface area (Å²) in [6, 6.07) is 9.34. The van der Waals surface area contributed by atoms with Crippen LogP contribution in [0.1, 0.15) is 24.8 Å². The smallest absolute Gasteiger partial charge is 0.314 e. The normalized spacial score (nSPS) is 26.4. The van der Waals surface area contributed by atoms with Crippen LogP contribution in [0.5, 0.6) is 0 Å². The molecule has 2 saturated heterocycles. The minimum atomic E-state index is -1.37. The first-order valence-electron chi connectivity index (χ1n) is 10.4. The zero-order chi connectivity index (χ0) is 20.9. The van der Waals surface area contributed by atoms with Crippen LogP contribution in [0.2, 0.25) is 0 Å². The molecule has 0 saturated carbocycles. The summed E-state index contributed by atoms with van der Waals surface area (Å²) in [6.45, 7) is 3.72. The predicted molar refractivity (Wildman–Crippen MR) is 108 cm³/mol. The Morgan fingerprint density at radius 2 is 1.83 bits per heavy atom. The van der Waals surface area contributed by atoms with Crippen molar-refractivity contribution in [3.05, 3.63) is 35.9 Å². The van der Waals surface area contributed by atoms with Gasteiger partial charge in [0.05, 0.1) is 12.7 Å². The van der Waals surface area contributed by atoms with Gasteiger partial charge in [-0.3, -0.25) is 9.59 Å². The number of amides is 1. The molecule has 29 heavy (non-hydrogen) atoms. The molecule has 2 heterocycles. The fourth-order valence-corrected chi connectivity index (χ4v) is 4.57. The van der Waals surface area contributed by atoms with Gasteiger partial charge in [-0.05, 0) is 44.3 Å². The van der Waals surface area contributed by atoms with Gasteiger partial charge in [0.25, 0.3) is 0 Å². The Labute approximate surface area is 172 Å². The van der Waals surface area contributed by atoms with E-state index in [4.69, 9.17) is 4.74 Å². The van der Waals surface area contributed by atoms with Gasteiger partial charge in [-0.25, -0.2) is 0 Å². The van der Waals surface area contributed by atoms with Crippen LogP contribution < -0.4 is 0 Å². The molecule has 1 amide bonds. The van der Waals surface area contributed by atoms with E-state index in [9.17, 15) is 19.8 Å². The van der Waals surface area contributed by atoms with Crippen LogP contribution in [-0.4, -0.2) is 84.4 Å². The van der Waals surface area contributed by atoms with Crippen molar-refractivity contribution >= 4 is 11.9 Å². The summed E-state index contributed by atoms with van der Waals surface area (Å²) in [5.74, 6) is -1.09. The summed E-state index contributed by atoms with van der Waals surface area (Å²) in [5, 5.41) is 20.7. The van der Waals surface area contributed by atoms with E-state index in [0.717, 1.165) is 38.0 Å². The number of aliphatic hydroxyl groups is 1. The molecule has 3 rings (SSSR count). The van der Waals surface area contributed by atoms with Gasteiger partial charge in [0.1, 0.15) is 5.41 Å². The molecule has 160 valence electrons. The van der Waals surface area contributed by atoms with E-state index in [0.29, 0.717) is 13.2 Å². The Hall–Kier alpha value is -1.96. The van der Waals surface area contributed by atoms with Crippen molar-refractivity contribution in [3.63, 3.8) is 0 Å². The Balaban J connectivity index is 1.68. The third-order valence-electron chi connectivity index (χ3n) is 6.43. The summed E-state index contributed by atoms with van der Waals surface area (Å²) in [5.41, 5.74) is -0.510. The Morgan fingerprint density at radius 1 is 1.14 bits per heavy atom. The number of carbonyl (C=O) groups excluding carboxylic acids is 1. The molecule has 2 fully saturated rings. The largest absolute Gasteiger partial charge is 0.481 e. The second kappa shape index (κ2) is 9.69. The van der Waals surface area contributed by atoms with Crippen LogP contribution in [0.4, 0.5) is 0 Å². The van der Waals surface area contributed by atoms with Gasteiger partial charge in [0.15, 0.2) is 0 Å². The van der Waals surface area contributed by atoms with E-state index < -0.39 is 17.5 Å². The quantitative estimate of drug-likeness (QED) is 0.711. The van der Waals surface area contributed by atoms with E-state index in [-0.39, 0.29) is 31.2 Å². The van der Waals surface area contributed by atoms with E-state index in [2.05, 4.69) is 4.90 Å². The fraction of sp³-hybridized carbons (Fsp3) is 0.636. The number of ether oxygens (including phenoxy) is 1. The first kappa shape index (κ1) is 21.7. The van der Waals surface area contributed by atoms with E-state index in [1.165, 1.54) is 0 Å². The van der Waals surface area contributed by atoms with Crippen molar-refractivity contribution in [2.75, 3.05) is 46.4 Å². The minimum absolute atomic E-state index is 0.0296. The highest BCUT2D eigenvalue weighted by Gasteiger charge is 2.50. The molecule has 2 atom stereocenters. The predicted octanol–water partition coefficient (Wildman–Crippen LogP) is 1.25. The van der Waals surface area contributed by atoms with Gasteiger partial charge in [0.2, 0.25) is 5.91 Å². The summed E-state index contributed by atoms with van der Waals surface area (Å²) >= 11 is 0. The SMILES string of the molecule is COCCN1CCC(C(=O)N2CC[C@H](O)[C@@](Cc3ccccc3)(C(=O)O)C2)CC1. The van der Waals surface area contributed by atoms with Crippen molar-refractivity contribution in [1.29, 1.82) is 0 Å². The molecule has 0 unspecified atom stereocenters. The van der Waals surface area contributed by atoms with Crippen LogP contribution in [-0.2, 0) is 20.7 Å². The number of carboxylic acid groups (broad SMARTS) is 1. The van der Waals surface area contributed by atoms with Crippen molar-refractivity contribution in [1.82, 2.24) is 9.80 Å². The molecule has 7 nitrogen and oxygen atoms in total. The van der Waals surface area contributed by atoms with Gasteiger partial charge >= 0.3 is 5.97 Å². The summed E-state index contributed by atoms with van der Waals surface area (Å²) in [6.07, 6.45) is 1.09. The lowest BCUT2D eigenvalue weighted by molar-refractivity contribution is -0.167. The van der Waals surface area contributed by atoms with Crippen LogP contribution in [0.15, 0.2) is 30.3 Å². The summed E-state index contributed by atoms with van der Waals surface area (Å²) < 4.78 is 5.12. The zero-order valence-electron chi connectivity index (χ0n) is 17.1. The molecular weight excluding hydrogens is 372 g/mol. The lowest BCUT2D eigenvalue weighted by Gasteiger charge is -2.45. The molecule has 2 N–H and O–H groups in total. The molecule has 1 aromatic rings. The number of aliphatic hydroxyl groups excluding tert-OH is 1. The van der Waals surface area contributed by atoms with E-state index in [1.807, 2.05) is 30.3 Å². The highest BCUT2D eigenvalue weighted by atomic mass is 16.5. The molecule has 0 spiro atoms. The number of nitrogens with zero attached hydrogens (tertiary/aromatic N) is 2. The van der Waals surface area contributed by atoms with E-state index in [1.54, 1.807) is 12.0 Å². The number of likely N-dealkylation sites (tertiary alicyclic amines) is 2. The van der Waals surface area contributed by atoms with Crippen LogP contribution in [0, 0.1) is 11.3 Å². The number of carboxylic acids is 1. The Bertz CT molecular complexity index is 690. The summed E-state index contributed by atoms with van der Waals surface area (Å²) in [7, 11) is 1.69. The van der Waals surface area contributed by atoms with Crippen molar-refractivity contribution < 1.29 is 24.5 Å². The number of rotatable bonds is 7. The third-order valence-corrected chi connectivity index (χ3v) is 6.43. The average molecular weight is 405 g/mol. The van der Waals surface area contributed by atoms with Crippen molar-refractivity contribution in [2.45, 2.75) is 31.8 Å². The number of hydrogen-bond donors (Lipinski definition) is 2. The van der Waals surface area contributed by atoms with E-state index >= 15 is 0 Å². The number of methoxy groups -OCH3 is 1. The molecule has 0 aromatic heterocycles. The molecule has 1 aromatic carbocycles. The zero-order valence-corrected chi connectivity index (χ0v) is 17.1. The number of piperidine rings is 2. The standard InChI is InChI=1S/C22H32N2O5/c1-29-14-13-23-10-7-18(8-11-23)20(26)24-12-9-19(25)22(16-24,21(27)28)15-17-5-3-2-4-6-17/h2-6,18-19,25H,7-16H2,1H3,(H,27,28)/t19-,22-/m0/s1. The van der Waals surface area contributed by atoms with Gasteiger partial charge in [-0.2, -0.15) is 0 Å². The molecule has 0 bridgehead atoms. The number of carbonyl (C=O) groups is 2. The van der Waals surface area contributed by atoms with Gasteiger partial charge in [-0.1, -0.05) is 30.3 Å². The molecule has 0 aliphatic carbocycles. The molecule has 2 aliphatic rings. The fourth-order valence-electron chi connectivity index (χ4n) is 4.57. The van der Waals surface area contributed by atoms with Crippen LogP contribution in [0.3, 0.4) is 0 Å². The molecule has 0 radical (unpaired) electrons. The van der Waals surface area contributed by atoms with Gasteiger partial charge < -0.3 is 24.7 Å². The highest BCUT2D eigenvalue weighted by Crippen LogP contribution is 2.36. The second-order valence-corrected chi connectivity index (χ2v) is 8.30. The van der Waals surface area contributed by atoms with Crippen LogP contribution >= 0.6 is 0 Å². The third kappa shape index (κ3) is 4.97. The number of hydrogen-bond acceptors (Lipinski definition) is 5. The molecule has 2 aliphatic heterocycles. The highest BCUT2D eigenvalue weighted by molar-refractivity contribution is 5.82. The minimum Gasteiger partial charge on any atom is -0.481 e. The Kier molecular flexibility index (Phi) is 7.27. The number of benzene rings is 1. The summed E-state index contributed by atoms with van der Waals surface area (Å²) in [4.78, 5) is 29.4. The van der Waals surface area contributed by atoms with Gasteiger partial charge in [-0.15, -0.1) is 0 Å². The average Bonchev–Trinajstić information content (AvgIpc) is 2.74. The number of aliphatic carboxylic acids is 1. The lowest BCUT2D eigenvalue weighted by atomic mass is 9.72. The maximum atomic E-state index is 13.2. The first-order valence-corrected chi connectivity index (χ1v) is 10.4. The van der Waals surface area contributed by atoms with Crippen molar-refractivity contribution in [2.24, 2.45) is 11.3 Å². The first-order chi connectivity index (χ1) is 14.0. The van der Waals surface area contributed by atoms with Gasteiger partial charge in [0, 0.05) is 32.7 Å². The molecule has 7 heteroatoms.